The Hall–Kier alpha value is -5.07. The fourth-order valence-corrected chi connectivity index (χ4v) is 6.44. The van der Waals surface area contributed by atoms with E-state index in [0.717, 1.165) is 71.8 Å². The number of nitrogens with one attached hydrogen (secondary N) is 2. The van der Waals surface area contributed by atoms with E-state index in [-0.39, 0.29) is 32.7 Å². The van der Waals surface area contributed by atoms with Crippen molar-refractivity contribution in [2.24, 2.45) is 0 Å². The van der Waals surface area contributed by atoms with Crippen LogP contribution in [0.5, 0.6) is 0 Å². The maximum absolute atomic E-state index is 9.64. The van der Waals surface area contributed by atoms with Gasteiger partial charge in [0.25, 0.3) is 0 Å². The third-order valence-corrected chi connectivity index (χ3v) is 8.94. The average molecular weight is 729 g/mol. The SMILES string of the molecule is CNc1ccc(-c2ccc(C)cc2)cc1N(C)O.N=C(c1ccccc1)c1ccccc1-c1cccc2oc3ccc4ccccc4c3c12.[Y]. The summed E-state index contributed by atoms with van der Waals surface area (Å²) in [6, 6.07) is 51.2. The van der Waals surface area contributed by atoms with Gasteiger partial charge < -0.3 is 9.73 Å². The number of aryl methyl sites for hydroxylation is 1. The van der Waals surface area contributed by atoms with Gasteiger partial charge in [-0.1, -0.05) is 133 Å². The number of benzene rings is 7. The summed E-state index contributed by atoms with van der Waals surface area (Å²) < 4.78 is 6.25. The van der Waals surface area contributed by atoms with Crippen molar-refractivity contribution in [1.29, 1.82) is 5.41 Å². The van der Waals surface area contributed by atoms with Crippen LogP contribution in [0.2, 0.25) is 0 Å². The van der Waals surface area contributed by atoms with Crippen LogP contribution in [0.15, 0.2) is 156 Å². The molecule has 0 saturated heterocycles. The summed E-state index contributed by atoms with van der Waals surface area (Å²) in [5, 5.41) is 27.3. The monoisotopic (exact) mass is 728 g/mol. The fourth-order valence-electron chi connectivity index (χ4n) is 6.44. The zero-order chi connectivity index (χ0) is 33.9. The topological polar surface area (TPSA) is 72.5 Å². The van der Waals surface area contributed by atoms with E-state index in [2.05, 4.69) is 85.0 Å². The molecule has 0 aliphatic carbocycles. The molecule has 0 atom stereocenters. The van der Waals surface area contributed by atoms with E-state index in [1.165, 1.54) is 16.3 Å². The van der Waals surface area contributed by atoms with E-state index in [9.17, 15) is 5.21 Å². The minimum Gasteiger partial charge on any atom is -0.456 e. The summed E-state index contributed by atoms with van der Waals surface area (Å²) in [5.74, 6) is 0. The van der Waals surface area contributed by atoms with Gasteiger partial charge in [-0.05, 0) is 64.2 Å². The molecule has 1 radical (unpaired) electrons. The first kappa shape index (κ1) is 34.8. The van der Waals surface area contributed by atoms with Crippen LogP contribution in [0.3, 0.4) is 0 Å². The van der Waals surface area contributed by atoms with Gasteiger partial charge in [-0.15, -0.1) is 0 Å². The normalized spacial score (nSPS) is 10.7. The number of hydroxylamine groups is 1. The molecule has 6 heteroatoms. The number of furan rings is 1. The smallest absolute Gasteiger partial charge is 0.136 e. The molecule has 0 fully saturated rings. The van der Waals surface area contributed by atoms with Crippen molar-refractivity contribution in [2.75, 3.05) is 24.5 Å². The zero-order valence-electron chi connectivity index (χ0n) is 28.3. The second kappa shape index (κ2) is 15.2. The molecule has 1 aromatic heterocycles. The number of rotatable bonds is 6. The fraction of sp³-hybridized carbons (Fsp3) is 0.0682. The van der Waals surface area contributed by atoms with Gasteiger partial charge in [0, 0.05) is 68.7 Å². The summed E-state index contributed by atoms with van der Waals surface area (Å²) in [6.07, 6.45) is 0. The predicted octanol–water partition coefficient (Wildman–Crippen LogP) is 11.3. The van der Waals surface area contributed by atoms with Crippen molar-refractivity contribution in [3.8, 4) is 22.3 Å². The second-order valence-corrected chi connectivity index (χ2v) is 12.1. The minimum absolute atomic E-state index is 0. The molecular formula is C44H37N3O2Y. The van der Waals surface area contributed by atoms with E-state index in [4.69, 9.17) is 9.83 Å². The summed E-state index contributed by atoms with van der Waals surface area (Å²) in [6.45, 7) is 2.07. The molecule has 8 rings (SSSR count). The zero-order valence-corrected chi connectivity index (χ0v) is 31.2. The van der Waals surface area contributed by atoms with E-state index in [0.29, 0.717) is 5.71 Å². The summed E-state index contributed by atoms with van der Waals surface area (Å²) in [5.41, 5.74) is 11.3. The van der Waals surface area contributed by atoms with Crippen LogP contribution in [0.1, 0.15) is 16.7 Å². The van der Waals surface area contributed by atoms with Gasteiger partial charge in [0.2, 0.25) is 0 Å². The van der Waals surface area contributed by atoms with E-state index in [1.54, 1.807) is 7.05 Å². The van der Waals surface area contributed by atoms with Gasteiger partial charge in [0.15, 0.2) is 0 Å². The van der Waals surface area contributed by atoms with Gasteiger partial charge in [0.1, 0.15) is 11.2 Å². The molecule has 243 valence electrons. The maximum Gasteiger partial charge on any atom is 0.136 e. The number of fused-ring (bicyclic) bond motifs is 5. The molecule has 50 heavy (non-hydrogen) atoms. The van der Waals surface area contributed by atoms with Crippen LogP contribution in [0.25, 0.3) is 55.0 Å². The molecule has 0 spiro atoms. The molecule has 8 aromatic rings. The quantitative estimate of drug-likeness (QED) is 0.118. The van der Waals surface area contributed by atoms with Crippen LogP contribution in [0, 0.1) is 12.3 Å². The van der Waals surface area contributed by atoms with Gasteiger partial charge in [-0.25, -0.2) is 0 Å². The Bertz CT molecular complexity index is 2430. The molecule has 0 aliphatic rings. The Morgan fingerprint density at radius 3 is 2.08 bits per heavy atom. The van der Waals surface area contributed by atoms with Crippen LogP contribution in [-0.4, -0.2) is 25.0 Å². The van der Waals surface area contributed by atoms with E-state index >= 15 is 0 Å². The Morgan fingerprint density at radius 2 is 1.32 bits per heavy atom. The van der Waals surface area contributed by atoms with Gasteiger partial charge in [-0.3, -0.25) is 15.7 Å². The molecular weight excluding hydrogens is 691 g/mol. The Kier molecular flexibility index (Phi) is 10.6. The number of hydrogen-bond acceptors (Lipinski definition) is 5. The van der Waals surface area contributed by atoms with Gasteiger partial charge in [-0.2, -0.15) is 0 Å². The molecule has 7 aromatic carbocycles. The predicted molar refractivity (Wildman–Crippen MR) is 205 cm³/mol. The first-order valence-corrected chi connectivity index (χ1v) is 16.3. The van der Waals surface area contributed by atoms with Crippen molar-refractivity contribution >= 4 is 49.8 Å². The molecule has 1 heterocycles. The summed E-state index contributed by atoms with van der Waals surface area (Å²) in [7, 11) is 3.46. The minimum atomic E-state index is 0. The first-order valence-electron chi connectivity index (χ1n) is 16.3. The molecule has 0 saturated carbocycles. The molecule has 3 N–H and O–H groups in total. The van der Waals surface area contributed by atoms with Crippen LogP contribution < -0.4 is 10.4 Å². The number of anilines is 2. The molecule has 5 nitrogen and oxygen atoms in total. The summed E-state index contributed by atoms with van der Waals surface area (Å²) >= 11 is 0. The van der Waals surface area contributed by atoms with Crippen molar-refractivity contribution in [2.45, 2.75) is 6.92 Å². The Balaban J connectivity index is 0.000000196. The number of nitrogens with zero attached hydrogens (tertiary/aromatic N) is 1. The first-order chi connectivity index (χ1) is 23.9. The molecule has 0 unspecified atom stereocenters. The summed E-state index contributed by atoms with van der Waals surface area (Å²) in [4.78, 5) is 0. The third kappa shape index (κ3) is 6.86. The standard InChI is InChI=1S/C29H19NO.C15H18N2O.Y/c30-29(20-10-2-1-3-11-20)24-14-7-6-13-22(24)23-15-8-16-25-28(23)27-21-12-5-4-9-19(21)17-18-26(27)31-25;1-11-4-6-12(7-5-11)13-8-9-14(16-2)15(10-13)17(3)18;/h1-18,30H;4-10,16,18H,1-3H3;. The van der Waals surface area contributed by atoms with Gasteiger partial charge in [0.05, 0.1) is 17.1 Å². The van der Waals surface area contributed by atoms with Crippen molar-refractivity contribution in [1.82, 2.24) is 0 Å². The van der Waals surface area contributed by atoms with Crippen LogP contribution >= 0.6 is 0 Å². The second-order valence-electron chi connectivity index (χ2n) is 12.1. The third-order valence-electron chi connectivity index (χ3n) is 8.94. The largest absolute Gasteiger partial charge is 0.456 e. The van der Waals surface area contributed by atoms with E-state index in [1.807, 2.05) is 85.9 Å². The van der Waals surface area contributed by atoms with Crippen molar-refractivity contribution < 1.29 is 42.3 Å². The molecule has 0 aliphatic heterocycles. The molecule has 0 bridgehead atoms. The number of hydrogen-bond donors (Lipinski definition) is 3. The van der Waals surface area contributed by atoms with Gasteiger partial charge >= 0.3 is 0 Å². The Morgan fingerprint density at radius 1 is 0.660 bits per heavy atom. The van der Waals surface area contributed by atoms with Crippen LogP contribution in [0.4, 0.5) is 11.4 Å². The Labute approximate surface area is 317 Å². The van der Waals surface area contributed by atoms with Crippen LogP contribution in [-0.2, 0) is 32.7 Å². The maximum atomic E-state index is 9.64. The average Bonchev–Trinajstić information content (AvgIpc) is 3.55. The van der Waals surface area contributed by atoms with E-state index < -0.39 is 0 Å². The van der Waals surface area contributed by atoms with Crippen molar-refractivity contribution in [3.05, 3.63) is 168 Å². The molecule has 0 amide bonds. The van der Waals surface area contributed by atoms with Crippen molar-refractivity contribution in [3.63, 3.8) is 0 Å².